The summed E-state index contributed by atoms with van der Waals surface area (Å²) in [7, 11) is -17.1. The van der Waals surface area contributed by atoms with E-state index in [1.54, 1.807) is 0 Å². The Morgan fingerprint density at radius 1 is 1.14 bits per heavy atom. The summed E-state index contributed by atoms with van der Waals surface area (Å²) in [6.07, 6.45) is -1.43. The van der Waals surface area contributed by atoms with Crippen molar-refractivity contribution in [2.75, 3.05) is 43.3 Å². The zero-order chi connectivity index (χ0) is 47.9. The van der Waals surface area contributed by atoms with Crippen LogP contribution in [0.4, 0.5) is 33.5 Å². The molecule has 1 amide bonds. The SMILES string of the molecule is [2H]c1nc(Nc2c([2H])c(OC([2H])([2H])[2H])c(OC([2H])([2H])[2H])c(OC([2H])([2H])[2H])c2[2H])nc(Nc2nc3c(c([2H])c2[2H])OC(C([2H])([2H])[2H])(C([2H])([2H])[2H])C(=O)N3C([2H])([2H])OP(=O)([O-])[O-])c1F.[Na+].[Na+]. The van der Waals surface area contributed by atoms with E-state index in [2.05, 4.69) is 29.5 Å². The van der Waals surface area contributed by atoms with E-state index in [0.717, 1.165) is 0 Å². The van der Waals surface area contributed by atoms with Crippen LogP contribution in [-0.4, -0.2) is 54.3 Å². The van der Waals surface area contributed by atoms with Crippen LogP contribution in [0.15, 0.2) is 30.3 Å². The van der Waals surface area contributed by atoms with Crippen molar-refractivity contribution in [3.8, 4) is 23.0 Å². The average molecular weight is 647 g/mol. The Hall–Kier alpha value is -2.24. The summed E-state index contributed by atoms with van der Waals surface area (Å²) in [6, 6.07) is -5.41. The van der Waals surface area contributed by atoms with Gasteiger partial charge in [0.25, 0.3) is 5.91 Å². The first-order chi connectivity index (χ1) is 27.6. The number of pyridine rings is 1. The molecule has 0 bridgehead atoms. The minimum atomic E-state index is -6.54. The number of amides is 1. The van der Waals surface area contributed by atoms with Crippen molar-refractivity contribution >= 4 is 42.8 Å². The zero-order valence-electron chi connectivity index (χ0n) is 42.8. The number of halogens is 1. The number of fused-ring (bicyclic) bond motifs is 1. The second-order valence-corrected chi connectivity index (χ2v) is 7.98. The first kappa shape index (κ1) is 15.2. The van der Waals surface area contributed by atoms with Crippen LogP contribution < -0.4 is 103 Å². The standard InChI is InChI=1S/C23H26FN6O9P.2Na/c1-23(2)21(31)30(11-38-40(32,33)34)20-14(39-23)6-7-17(28-20)27-19-13(24)10-25-22(29-19)26-12-8-15(35-3)18(37-5)16(9-12)36-4;;/h6-10H,11H2,1-5H3,(H2,32,33,34)(H2,25,26,27,28,29);;/q;2*+1/p-2/i1D3,2D3,3D3,4D3,5D3,6D,7D,8D,9D,10D,11D2;;. The third-order valence-electron chi connectivity index (χ3n) is 4.29. The molecule has 3 aromatic rings. The summed E-state index contributed by atoms with van der Waals surface area (Å²) in [5.41, 5.74) is -5.29. The molecule has 0 atom stereocenters. The van der Waals surface area contributed by atoms with Gasteiger partial charge in [0.05, 0.1) is 57.0 Å². The molecule has 2 aromatic heterocycles. The Morgan fingerprint density at radius 3 is 2.45 bits per heavy atom. The van der Waals surface area contributed by atoms with Crippen molar-refractivity contribution in [1.82, 2.24) is 15.0 Å². The fraction of sp³-hybridized carbons (Fsp3) is 0.304. The molecule has 19 heteroatoms. The van der Waals surface area contributed by atoms with Crippen molar-refractivity contribution in [3.63, 3.8) is 0 Å². The maximum absolute atomic E-state index is 15.5. The van der Waals surface area contributed by atoms with Gasteiger partial charge in [-0.25, -0.2) is 14.4 Å². The number of benzene rings is 1. The van der Waals surface area contributed by atoms with E-state index < -0.39 is 154 Å². The molecule has 1 aliphatic rings. The van der Waals surface area contributed by atoms with Gasteiger partial charge in [0.2, 0.25) is 11.7 Å². The number of hydrogen-bond donors (Lipinski definition) is 2. The number of phosphoric ester groups is 1. The molecule has 0 saturated carbocycles. The second-order valence-electron chi connectivity index (χ2n) is 6.91. The smallest absolute Gasteiger partial charge is 0.790 e. The fourth-order valence-electron chi connectivity index (χ4n) is 2.74. The topological polar surface area (TPSA) is 192 Å². The molecule has 0 saturated heterocycles. The molecule has 0 aliphatic carbocycles. The van der Waals surface area contributed by atoms with Gasteiger partial charge >= 0.3 is 59.1 Å². The number of nitrogens with one attached hydrogen (secondary N) is 2. The summed E-state index contributed by atoms with van der Waals surface area (Å²) in [5.74, 6) is -15.1. The normalized spacial score (nSPS) is 23.0. The number of rotatable bonds is 10. The molecule has 0 fully saturated rings. The fourth-order valence-corrected chi connectivity index (χ4v) is 2.92. The van der Waals surface area contributed by atoms with Gasteiger partial charge in [-0.2, -0.15) is 4.98 Å². The van der Waals surface area contributed by atoms with Crippen LogP contribution in [0.2, 0.25) is 0 Å². The molecule has 1 aromatic carbocycles. The van der Waals surface area contributed by atoms with E-state index in [4.69, 9.17) is 44.4 Å². The Kier molecular flexibility index (Phi) is 5.23. The van der Waals surface area contributed by atoms with Gasteiger partial charge in [-0.3, -0.25) is 9.69 Å². The molecule has 2 N–H and O–H groups in total. The van der Waals surface area contributed by atoms with Gasteiger partial charge in [-0.1, -0.05) is 0 Å². The first-order valence-electron chi connectivity index (χ1n) is 20.7. The van der Waals surface area contributed by atoms with E-state index in [1.807, 2.05) is 5.32 Å². The maximum Gasteiger partial charge on any atom is 1.00 e. The Morgan fingerprint density at radius 2 is 1.83 bits per heavy atom. The third-order valence-corrected chi connectivity index (χ3v) is 4.59. The molecule has 214 valence electrons. The average Bonchev–Trinajstić information content (AvgIpc) is 3.03. The Bertz CT molecular complexity index is 2290. The quantitative estimate of drug-likeness (QED) is 0.159. The van der Waals surface area contributed by atoms with E-state index in [1.165, 1.54) is 0 Å². The molecule has 0 spiro atoms. The van der Waals surface area contributed by atoms with E-state index >= 15 is 4.39 Å². The Labute approximate surface area is 315 Å². The molecule has 15 nitrogen and oxygen atoms in total. The van der Waals surface area contributed by atoms with Crippen molar-refractivity contribution in [1.29, 1.82) is 0 Å². The predicted molar refractivity (Wildman–Crippen MR) is 135 cm³/mol. The third kappa shape index (κ3) is 8.23. The minimum absolute atomic E-state index is 0. The summed E-state index contributed by atoms with van der Waals surface area (Å²) >= 11 is 0. The monoisotopic (exact) mass is 646 g/mol. The van der Waals surface area contributed by atoms with Crippen molar-refractivity contribution in [3.05, 3.63) is 36.2 Å². The van der Waals surface area contributed by atoms with Crippen molar-refractivity contribution in [2.24, 2.45) is 0 Å². The number of hydrogen-bond acceptors (Lipinski definition) is 14. The number of carbonyl (C=O) groups excluding carboxylic acids is 1. The van der Waals surface area contributed by atoms with E-state index in [0.29, 0.717) is 0 Å². The van der Waals surface area contributed by atoms with Gasteiger partial charge in [-0.05, 0) is 25.8 Å². The number of nitrogens with zero attached hydrogens (tertiary/aromatic N) is 4. The van der Waals surface area contributed by atoms with E-state index in [9.17, 15) is 19.1 Å². The van der Waals surface area contributed by atoms with Crippen LogP contribution in [0.3, 0.4) is 0 Å². The van der Waals surface area contributed by atoms with Gasteiger partial charge in [0.1, 0.15) is 12.5 Å². The summed E-state index contributed by atoms with van der Waals surface area (Å²) in [5, 5.41) is 3.99. The van der Waals surface area contributed by atoms with Crippen molar-refractivity contribution < 1.29 is 136 Å². The van der Waals surface area contributed by atoms with Crippen LogP contribution in [0.25, 0.3) is 0 Å². The van der Waals surface area contributed by atoms with E-state index in [-0.39, 0.29) is 59.1 Å². The maximum atomic E-state index is 15.5. The van der Waals surface area contributed by atoms with Crippen LogP contribution in [-0.2, 0) is 13.9 Å². The molecule has 0 radical (unpaired) electrons. The van der Waals surface area contributed by atoms with Gasteiger partial charge in [-0.15, -0.1) is 0 Å². The molecular weight excluding hydrogens is 600 g/mol. The number of aromatic nitrogens is 3. The molecule has 1 aliphatic heterocycles. The van der Waals surface area contributed by atoms with Crippen LogP contribution in [0.1, 0.15) is 43.9 Å². The molecule has 0 unspecified atom stereocenters. The molecule has 42 heavy (non-hydrogen) atoms. The van der Waals surface area contributed by atoms with Gasteiger partial charge < -0.3 is 48.5 Å². The second kappa shape index (κ2) is 14.5. The predicted octanol–water partition coefficient (Wildman–Crippen LogP) is -4.16. The first-order valence-corrected chi connectivity index (χ1v) is 11.2. The minimum Gasteiger partial charge on any atom is -0.790 e. The van der Waals surface area contributed by atoms with Gasteiger partial charge in [0.15, 0.2) is 40.3 Å². The summed E-state index contributed by atoms with van der Waals surface area (Å²) < 4.78 is 222. The number of ether oxygens (including phenoxy) is 4. The Balaban J connectivity index is 0.00000704. The number of methoxy groups -OCH3 is 3. The molecular formula is C23H24FN6Na2O9P. The van der Waals surface area contributed by atoms with Crippen LogP contribution in [0.5, 0.6) is 23.0 Å². The zero-order valence-corrected chi connectivity index (χ0v) is 25.7. The summed E-state index contributed by atoms with van der Waals surface area (Å²) in [6.45, 7) is -12.7. The molecule has 3 heterocycles. The van der Waals surface area contributed by atoms with Gasteiger partial charge in [0, 0.05) is 26.0 Å². The van der Waals surface area contributed by atoms with Crippen molar-refractivity contribution in [2.45, 2.75) is 19.3 Å². The largest absolute Gasteiger partial charge is 1.00 e. The van der Waals surface area contributed by atoms with Crippen LogP contribution in [0, 0.1) is 5.82 Å². The van der Waals surface area contributed by atoms with Crippen LogP contribution >= 0.6 is 7.82 Å². The number of carbonyl (C=O) groups is 1. The number of phosphoric acid groups is 1. The number of anilines is 5. The molecule has 4 rings (SSSR count). The summed E-state index contributed by atoms with van der Waals surface area (Å²) in [4.78, 5) is 46.7.